The molecule has 52 heavy (non-hydrogen) atoms. The van der Waals surface area contributed by atoms with Gasteiger partial charge in [-0.15, -0.1) is 20.5 Å². The summed E-state index contributed by atoms with van der Waals surface area (Å²) in [6.07, 6.45) is 0. The molecule has 1 heterocycles. The first kappa shape index (κ1) is 35.4. The number of nitrogen functional groups attached to an aromatic ring is 1. The summed E-state index contributed by atoms with van der Waals surface area (Å²) in [6, 6.07) is 17.5. The molecule has 0 aliphatic carbocycles. The molecule has 0 spiro atoms. The fraction of sp³-hybridized carbons (Fsp3) is 0.0606. The van der Waals surface area contributed by atoms with E-state index < -0.39 is 36.8 Å². The fourth-order valence-corrected chi connectivity index (χ4v) is 6.51. The van der Waals surface area contributed by atoms with Gasteiger partial charge in [-0.25, -0.2) is 0 Å². The van der Waals surface area contributed by atoms with Crippen LogP contribution in [0.2, 0.25) is 0 Å². The number of phenols is 3. The van der Waals surface area contributed by atoms with Crippen LogP contribution in [0.5, 0.6) is 23.1 Å². The van der Waals surface area contributed by atoms with Gasteiger partial charge in [0.15, 0.2) is 11.4 Å². The lowest BCUT2D eigenvalue weighted by molar-refractivity contribution is 0.434. The van der Waals surface area contributed by atoms with Gasteiger partial charge in [0.1, 0.15) is 33.5 Å². The second-order valence-electron chi connectivity index (χ2n) is 11.4. The number of nitrogens with two attached hydrogens (primary N) is 1. The molecule has 8 N–H and O–H groups in total. The van der Waals surface area contributed by atoms with Crippen molar-refractivity contribution in [3.8, 4) is 39.9 Å². The molecule has 266 valence electrons. The normalized spacial score (nSPS) is 12.4. The topological polar surface area (TPSA) is 283 Å². The van der Waals surface area contributed by atoms with Gasteiger partial charge < -0.3 is 26.2 Å². The molecule has 0 aliphatic rings. The van der Waals surface area contributed by atoms with Gasteiger partial charge in [0.05, 0.1) is 21.7 Å². The second-order valence-corrected chi connectivity index (χ2v) is 14.2. The van der Waals surface area contributed by atoms with E-state index in [0.29, 0.717) is 16.7 Å². The van der Waals surface area contributed by atoms with Gasteiger partial charge in [0.25, 0.3) is 20.2 Å². The molecule has 0 amide bonds. The lowest BCUT2D eigenvalue weighted by Gasteiger charge is -2.12. The molecule has 0 radical (unpaired) electrons. The summed E-state index contributed by atoms with van der Waals surface area (Å²) in [5, 5.41) is 63.2. The average Bonchev–Trinajstić information content (AvgIpc) is 3.37. The molecule has 0 saturated heterocycles. The van der Waals surface area contributed by atoms with Crippen molar-refractivity contribution in [3.63, 3.8) is 0 Å². The molecule has 0 unspecified atom stereocenters. The molecule has 0 bridgehead atoms. The van der Waals surface area contributed by atoms with E-state index in [9.17, 15) is 46.4 Å². The number of phenolic OH excluding ortho intramolecular Hbond substituents is 3. The Hall–Kier alpha value is -6.41. The Bertz CT molecular complexity index is 2710. The van der Waals surface area contributed by atoms with Gasteiger partial charge in [-0.3, -0.25) is 9.11 Å². The van der Waals surface area contributed by atoms with Gasteiger partial charge in [0, 0.05) is 11.1 Å². The number of hydrogen-bond donors (Lipinski definition) is 7. The fourth-order valence-electron chi connectivity index (χ4n) is 5.25. The minimum Gasteiger partial charge on any atom is -0.506 e. The van der Waals surface area contributed by atoms with E-state index in [0.717, 1.165) is 16.8 Å². The monoisotopic (exact) mass is 745 g/mol. The van der Waals surface area contributed by atoms with Crippen LogP contribution in [0.4, 0.5) is 28.4 Å². The van der Waals surface area contributed by atoms with Gasteiger partial charge >= 0.3 is 0 Å². The Kier molecular flexibility index (Phi) is 8.89. The molecule has 6 rings (SSSR count). The minimum absolute atomic E-state index is 0.0128. The average molecular weight is 746 g/mol. The lowest BCUT2D eigenvalue weighted by Crippen LogP contribution is -2.02. The van der Waals surface area contributed by atoms with E-state index in [-0.39, 0.29) is 67.0 Å². The lowest BCUT2D eigenvalue weighted by atomic mass is 10.0. The summed E-state index contributed by atoms with van der Waals surface area (Å²) in [6.45, 7) is 3.07. The van der Waals surface area contributed by atoms with Crippen LogP contribution in [0.3, 0.4) is 0 Å². The first-order chi connectivity index (χ1) is 24.4. The number of nitrogens with zero attached hydrogens (tertiary/aromatic N) is 6. The van der Waals surface area contributed by atoms with Crippen LogP contribution in [0.15, 0.2) is 109 Å². The van der Waals surface area contributed by atoms with E-state index in [1.807, 2.05) is 0 Å². The molecule has 0 fully saturated rings. The van der Waals surface area contributed by atoms with Gasteiger partial charge in [-0.2, -0.15) is 26.6 Å². The van der Waals surface area contributed by atoms with Crippen LogP contribution in [-0.2, 0) is 20.2 Å². The van der Waals surface area contributed by atoms with E-state index >= 15 is 0 Å². The van der Waals surface area contributed by atoms with Crippen molar-refractivity contribution >= 4 is 59.4 Å². The summed E-state index contributed by atoms with van der Waals surface area (Å²) in [5.41, 5.74) is 7.92. The van der Waals surface area contributed by atoms with Crippen molar-refractivity contribution in [3.05, 3.63) is 90.1 Å². The maximum Gasteiger partial charge on any atom is 0.295 e. The number of fused-ring (bicyclic) bond motifs is 1. The van der Waals surface area contributed by atoms with Crippen LogP contribution < -0.4 is 5.73 Å². The molecule has 19 heteroatoms. The Morgan fingerprint density at radius 3 is 1.75 bits per heavy atom. The van der Waals surface area contributed by atoms with Gasteiger partial charge in [0.2, 0.25) is 5.88 Å². The standard InChI is InChI=1S/C33H27N7O10S2/c1-16-13-28(52(48,49)50)22-9-12-25(32(43)29(22)30(16)34)37-35-23-10-3-18(14-26(23)41)19-4-11-24(27(42)15-19)36-38-31-17(2)39-40(33(31)44)20-5-7-21(8-6-20)51(45,46)47/h3-15,41-44H,34H2,1-2H3,(H,45,46,47)(H,48,49,50). The number of hydrogen-bond acceptors (Lipinski definition) is 14. The third kappa shape index (κ3) is 6.71. The van der Waals surface area contributed by atoms with Crippen LogP contribution in [0.25, 0.3) is 27.6 Å². The minimum atomic E-state index is -4.63. The van der Waals surface area contributed by atoms with E-state index in [2.05, 4.69) is 25.6 Å². The molecule has 1 aromatic heterocycles. The maximum atomic E-state index is 11.9. The highest BCUT2D eigenvalue weighted by Crippen LogP contribution is 2.43. The highest BCUT2D eigenvalue weighted by molar-refractivity contribution is 7.86. The van der Waals surface area contributed by atoms with Crippen LogP contribution in [0.1, 0.15) is 11.3 Å². The zero-order valence-corrected chi connectivity index (χ0v) is 28.5. The number of benzene rings is 5. The maximum absolute atomic E-state index is 11.9. The molecule has 0 saturated carbocycles. The molecule has 6 aromatic rings. The summed E-state index contributed by atoms with van der Waals surface area (Å²) >= 11 is 0. The third-order valence-corrected chi connectivity index (χ3v) is 9.69. The smallest absolute Gasteiger partial charge is 0.295 e. The van der Waals surface area contributed by atoms with Crippen molar-refractivity contribution in [1.29, 1.82) is 0 Å². The summed E-state index contributed by atoms with van der Waals surface area (Å²) in [4.78, 5) is -0.769. The molecule has 0 atom stereocenters. The quantitative estimate of drug-likeness (QED) is 0.0469. The summed E-state index contributed by atoms with van der Waals surface area (Å²) < 4.78 is 66.4. The number of rotatable bonds is 8. The Labute approximate surface area is 294 Å². The highest BCUT2D eigenvalue weighted by Gasteiger charge is 2.21. The SMILES string of the molecule is Cc1cc(S(=O)(=O)O)c2ccc(N=Nc3ccc(-c4ccc(N=Nc5c(C)nn(-c6ccc(S(=O)(=O)O)cc6)c5O)c(O)c4)cc3O)c(O)c2c1N. The van der Waals surface area contributed by atoms with Crippen molar-refractivity contribution in [1.82, 2.24) is 9.78 Å². The molecule has 0 aliphatic heterocycles. The number of aromatic nitrogens is 2. The first-order valence-corrected chi connectivity index (χ1v) is 17.7. The molecule has 17 nitrogen and oxygen atoms in total. The Morgan fingerprint density at radius 1 is 0.673 bits per heavy atom. The summed E-state index contributed by atoms with van der Waals surface area (Å²) in [7, 11) is -9.04. The van der Waals surface area contributed by atoms with E-state index in [1.165, 1.54) is 61.5 Å². The van der Waals surface area contributed by atoms with Gasteiger partial charge in [-0.05, 0) is 91.2 Å². The van der Waals surface area contributed by atoms with Crippen molar-refractivity contribution < 1.29 is 46.4 Å². The molecular formula is C33H27N7O10S2. The third-order valence-electron chi connectivity index (χ3n) is 7.93. The number of anilines is 1. The zero-order valence-electron chi connectivity index (χ0n) is 26.9. The predicted octanol–water partition coefficient (Wildman–Crippen LogP) is 7.04. The van der Waals surface area contributed by atoms with E-state index in [1.54, 1.807) is 19.1 Å². The van der Waals surface area contributed by atoms with Crippen molar-refractivity contribution in [2.45, 2.75) is 23.6 Å². The van der Waals surface area contributed by atoms with Crippen LogP contribution in [0, 0.1) is 13.8 Å². The van der Waals surface area contributed by atoms with Crippen LogP contribution in [-0.4, -0.2) is 56.1 Å². The predicted molar refractivity (Wildman–Crippen MR) is 188 cm³/mol. The summed E-state index contributed by atoms with van der Waals surface area (Å²) in [5.74, 6) is -1.48. The van der Waals surface area contributed by atoms with Crippen molar-refractivity contribution in [2.24, 2.45) is 20.5 Å². The second kappa shape index (κ2) is 13.0. The molecule has 5 aromatic carbocycles. The number of aromatic hydroxyl groups is 4. The molecular weight excluding hydrogens is 719 g/mol. The van der Waals surface area contributed by atoms with Crippen molar-refractivity contribution in [2.75, 3.05) is 5.73 Å². The largest absolute Gasteiger partial charge is 0.506 e. The Morgan fingerprint density at radius 2 is 1.21 bits per heavy atom. The number of aryl methyl sites for hydroxylation is 2. The van der Waals surface area contributed by atoms with Gasteiger partial charge in [-0.1, -0.05) is 18.2 Å². The Balaban J connectivity index is 1.22. The number of azo groups is 2. The van der Waals surface area contributed by atoms with E-state index in [4.69, 9.17) is 5.73 Å². The highest BCUT2D eigenvalue weighted by atomic mass is 32.2. The first-order valence-electron chi connectivity index (χ1n) is 14.8. The van der Waals surface area contributed by atoms with Crippen LogP contribution >= 0.6 is 0 Å². The zero-order chi connectivity index (χ0) is 37.7.